The van der Waals surface area contributed by atoms with Gasteiger partial charge in [-0.05, 0) is 17.5 Å². The number of amides is 1. The van der Waals surface area contributed by atoms with Gasteiger partial charge < -0.3 is 16.0 Å². The van der Waals surface area contributed by atoms with E-state index in [0.29, 0.717) is 6.54 Å². The monoisotopic (exact) mass is 332 g/mol. The number of hydrogen-bond acceptors (Lipinski definition) is 3. The number of H-pyrrole nitrogens is 1. The third kappa shape index (κ3) is 4.88. The fraction of sp³-hybridized carbons (Fsp3) is 0.429. The van der Waals surface area contributed by atoms with Crippen molar-refractivity contribution in [3.8, 4) is 0 Å². The van der Waals surface area contributed by atoms with E-state index in [-0.39, 0.29) is 36.1 Å². The number of benzene rings is 1. The summed E-state index contributed by atoms with van der Waals surface area (Å²) >= 11 is 0. The molecule has 1 aromatic heterocycles. The van der Waals surface area contributed by atoms with E-state index in [1.165, 1.54) is 0 Å². The molecule has 0 saturated heterocycles. The molecule has 118 valence electrons. The molecule has 7 heteroatoms. The number of halogens is 2. The second kappa shape index (κ2) is 7.64. The first-order chi connectivity index (χ1) is 8.88. The number of aromatic nitrogens is 2. The molecule has 0 spiro atoms. The van der Waals surface area contributed by atoms with E-state index >= 15 is 0 Å². The van der Waals surface area contributed by atoms with Crippen molar-refractivity contribution < 1.29 is 4.79 Å². The summed E-state index contributed by atoms with van der Waals surface area (Å²) in [6.45, 7) is 6.19. The topological polar surface area (TPSA) is 83.8 Å². The minimum atomic E-state index is -0.531. The zero-order chi connectivity index (χ0) is 14.0. The molecule has 1 atom stereocenters. The summed E-state index contributed by atoms with van der Waals surface area (Å²) in [4.78, 5) is 19.5. The molecule has 0 fully saturated rings. The average Bonchev–Trinajstić information content (AvgIpc) is 2.76. The molecule has 1 aromatic carbocycles. The summed E-state index contributed by atoms with van der Waals surface area (Å²) in [7, 11) is 0. The molecule has 1 amide bonds. The smallest absolute Gasteiger partial charge is 0.237 e. The Bertz CT molecular complexity index is 559. The first-order valence-corrected chi connectivity index (χ1v) is 6.35. The Labute approximate surface area is 136 Å². The van der Waals surface area contributed by atoms with Gasteiger partial charge in [0.1, 0.15) is 5.82 Å². The van der Waals surface area contributed by atoms with E-state index in [9.17, 15) is 4.79 Å². The van der Waals surface area contributed by atoms with E-state index in [1.54, 1.807) is 0 Å². The molecule has 2 rings (SSSR count). The van der Waals surface area contributed by atoms with Crippen molar-refractivity contribution in [1.29, 1.82) is 0 Å². The van der Waals surface area contributed by atoms with Gasteiger partial charge in [-0.25, -0.2) is 4.98 Å². The maximum absolute atomic E-state index is 11.9. The predicted octanol–water partition coefficient (Wildman–Crippen LogP) is 2.40. The van der Waals surface area contributed by atoms with Gasteiger partial charge in [-0.15, -0.1) is 24.8 Å². The van der Waals surface area contributed by atoms with Crippen molar-refractivity contribution in [1.82, 2.24) is 15.3 Å². The SMILES string of the molecule is CC(C)(C)[C@H](N)C(=O)NCc1nc2ccccc2[nH]1.Cl.Cl. The van der Waals surface area contributed by atoms with E-state index in [4.69, 9.17) is 5.73 Å². The van der Waals surface area contributed by atoms with Crippen LogP contribution in [0.15, 0.2) is 24.3 Å². The zero-order valence-electron chi connectivity index (χ0n) is 12.3. The summed E-state index contributed by atoms with van der Waals surface area (Å²) in [5.74, 6) is 0.573. The van der Waals surface area contributed by atoms with Crippen molar-refractivity contribution in [2.24, 2.45) is 11.1 Å². The number of hydrogen-bond donors (Lipinski definition) is 3. The number of carbonyl (C=O) groups is 1. The highest BCUT2D eigenvalue weighted by atomic mass is 35.5. The number of para-hydroxylation sites is 2. The lowest BCUT2D eigenvalue weighted by atomic mass is 9.87. The Morgan fingerprint density at radius 1 is 1.33 bits per heavy atom. The van der Waals surface area contributed by atoms with Gasteiger partial charge in [-0.3, -0.25) is 4.79 Å². The molecule has 2 aromatic rings. The molecule has 0 bridgehead atoms. The van der Waals surface area contributed by atoms with E-state index in [0.717, 1.165) is 16.9 Å². The first kappa shape index (κ1) is 19.7. The molecule has 4 N–H and O–H groups in total. The summed E-state index contributed by atoms with van der Waals surface area (Å²) < 4.78 is 0. The molecule has 0 unspecified atom stereocenters. The lowest BCUT2D eigenvalue weighted by molar-refractivity contribution is -0.124. The minimum absolute atomic E-state index is 0. The predicted molar refractivity (Wildman–Crippen MR) is 89.9 cm³/mol. The van der Waals surface area contributed by atoms with Gasteiger partial charge in [0.05, 0.1) is 23.6 Å². The largest absolute Gasteiger partial charge is 0.348 e. The molecule has 0 aliphatic rings. The Kier molecular flexibility index (Phi) is 7.16. The highest BCUT2D eigenvalue weighted by Gasteiger charge is 2.27. The minimum Gasteiger partial charge on any atom is -0.348 e. The summed E-state index contributed by atoms with van der Waals surface area (Å²) in [5.41, 5.74) is 7.50. The maximum Gasteiger partial charge on any atom is 0.237 e. The lowest BCUT2D eigenvalue weighted by Gasteiger charge is -2.25. The third-order valence-corrected chi connectivity index (χ3v) is 3.08. The Morgan fingerprint density at radius 3 is 2.52 bits per heavy atom. The van der Waals surface area contributed by atoms with Gasteiger partial charge in [-0.1, -0.05) is 32.9 Å². The highest BCUT2D eigenvalue weighted by molar-refractivity contribution is 5.85. The van der Waals surface area contributed by atoms with Crippen LogP contribution in [-0.4, -0.2) is 21.9 Å². The van der Waals surface area contributed by atoms with Crippen LogP contribution in [0.2, 0.25) is 0 Å². The molecule has 0 saturated carbocycles. The summed E-state index contributed by atoms with van der Waals surface area (Å²) in [6, 6.07) is 7.23. The molecule has 5 nitrogen and oxygen atoms in total. The van der Waals surface area contributed by atoms with Gasteiger partial charge in [0.15, 0.2) is 0 Å². The van der Waals surface area contributed by atoms with Crippen LogP contribution in [0.5, 0.6) is 0 Å². The number of nitrogens with two attached hydrogens (primary N) is 1. The van der Waals surface area contributed by atoms with Crippen molar-refractivity contribution in [3.05, 3.63) is 30.1 Å². The number of aromatic amines is 1. The van der Waals surface area contributed by atoms with Gasteiger partial charge in [-0.2, -0.15) is 0 Å². The van der Waals surface area contributed by atoms with Gasteiger partial charge in [0.2, 0.25) is 5.91 Å². The Hall–Kier alpha value is -1.30. The van der Waals surface area contributed by atoms with Crippen LogP contribution in [0.3, 0.4) is 0 Å². The Morgan fingerprint density at radius 2 is 1.95 bits per heavy atom. The normalized spacial score (nSPS) is 12.2. The fourth-order valence-corrected chi connectivity index (χ4v) is 1.76. The molecular formula is C14H22Cl2N4O. The first-order valence-electron chi connectivity index (χ1n) is 6.35. The fourth-order valence-electron chi connectivity index (χ4n) is 1.76. The van der Waals surface area contributed by atoms with Crippen molar-refractivity contribution in [3.63, 3.8) is 0 Å². The molecular weight excluding hydrogens is 311 g/mol. The van der Waals surface area contributed by atoms with Crippen LogP contribution in [-0.2, 0) is 11.3 Å². The second-order valence-corrected chi connectivity index (χ2v) is 5.76. The van der Waals surface area contributed by atoms with Crippen LogP contribution in [0.1, 0.15) is 26.6 Å². The summed E-state index contributed by atoms with van der Waals surface area (Å²) in [5, 5.41) is 2.81. The molecule has 21 heavy (non-hydrogen) atoms. The number of nitrogens with zero attached hydrogens (tertiary/aromatic N) is 1. The molecule has 0 radical (unpaired) electrons. The summed E-state index contributed by atoms with van der Waals surface area (Å²) in [6.07, 6.45) is 0. The van der Waals surface area contributed by atoms with Crippen LogP contribution >= 0.6 is 24.8 Å². The van der Waals surface area contributed by atoms with Crippen molar-refractivity contribution in [2.45, 2.75) is 33.4 Å². The third-order valence-electron chi connectivity index (χ3n) is 3.08. The highest BCUT2D eigenvalue weighted by Crippen LogP contribution is 2.17. The molecule has 0 aliphatic heterocycles. The van der Waals surface area contributed by atoms with E-state index in [1.807, 2.05) is 45.0 Å². The number of carbonyl (C=O) groups excluding carboxylic acids is 1. The second-order valence-electron chi connectivity index (χ2n) is 5.76. The molecule has 1 heterocycles. The zero-order valence-corrected chi connectivity index (χ0v) is 14.0. The van der Waals surface area contributed by atoms with Crippen LogP contribution in [0, 0.1) is 5.41 Å². The molecule has 0 aliphatic carbocycles. The van der Waals surface area contributed by atoms with Crippen LogP contribution < -0.4 is 11.1 Å². The lowest BCUT2D eigenvalue weighted by Crippen LogP contribution is -2.48. The van der Waals surface area contributed by atoms with Gasteiger partial charge >= 0.3 is 0 Å². The van der Waals surface area contributed by atoms with Crippen LogP contribution in [0.25, 0.3) is 11.0 Å². The average molecular weight is 333 g/mol. The van der Waals surface area contributed by atoms with Gasteiger partial charge in [0, 0.05) is 0 Å². The van der Waals surface area contributed by atoms with Gasteiger partial charge in [0.25, 0.3) is 0 Å². The Balaban J connectivity index is 0.00000200. The number of rotatable bonds is 3. The number of imidazole rings is 1. The maximum atomic E-state index is 11.9. The van der Waals surface area contributed by atoms with E-state index in [2.05, 4.69) is 15.3 Å². The van der Waals surface area contributed by atoms with Crippen molar-refractivity contribution in [2.75, 3.05) is 0 Å². The van der Waals surface area contributed by atoms with Crippen molar-refractivity contribution >= 4 is 41.8 Å². The van der Waals surface area contributed by atoms with E-state index < -0.39 is 6.04 Å². The standard InChI is InChI=1S/C14H20N4O.2ClH/c1-14(2,3)12(15)13(19)16-8-11-17-9-6-4-5-7-10(9)18-11;;/h4-7,12H,8,15H2,1-3H3,(H,16,19)(H,17,18);2*1H/t12-;;/m1../s1. The number of nitrogens with one attached hydrogen (secondary N) is 2. The quantitative estimate of drug-likeness (QED) is 0.806. The number of fused-ring (bicyclic) bond motifs is 1. The van der Waals surface area contributed by atoms with Crippen LogP contribution in [0.4, 0.5) is 0 Å².